The number of aromatic nitrogens is 2. The maximum absolute atomic E-state index is 12.7. The van der Waals surface area contributed by atoms with Gasteiger partial charge in [-0.2, -0.15) is 5.10 Å². The number of hydrogen-bond acceptors (Lipinski definition) is 5. The molecule has 1 aromatic heterocycles. The number of para-hydroxylation sites is 1. The number of hydrogen-bond donors (Lipinski definition) is 1. The maximum atomic E-state index is 12.7. The van der Waals surface area contributed by atoms with Crippen LogP contribution in [0.3, 0.4) is 0 Å². The zero-order valence-corrected chi connectivity index (χ0v) is 18.2. The third-order valence-corrected chi connectivity index (χ3v) is 4.80. The van der Waals surface area contributed by atoms with Gasteiger partial charge in [0.1, 0.15) is 18.1 Å². The molecule has 0 saturated carbocycles. The first-order valence-corrected chi connectivity index (χ1v) is 10.4. The van der Waals surface area contributed by atoms with E-state index in [0.717, 1.165) is 5.56 Å². The van der Waals surface area contributed by atoms with Crippen molar-refractivity contribution in [2.45, 2.75) is 26.9 Å². The minimum absolute atomic E-state index is 0.00959. The average Bonchev–Trinajstić information content (AvgIpc) is 2.79. The van der Waals surface area contributed by atoms with E-state index in [1.807, 2.05) is 55.5 Å². The zero-order chi connectivity index (χ0) is 22.9. The monoisotopic (exact) mass is 434 g/mol. The van der Waals surface area contributed by atoms with Crippen LogP contribution in [0.2, 0.25) is 0 Å². The molecular weight excluding hydrogens is 408 g/mol. The molecule has 0 spiro atoms. The van der Waals surface area contributed by atoms with E-state index in [0.29, 0.717) is 24.5 Å². The molecule has 1 N–H and O–H groups in total. The van der Waals surface area contributed by atoms with Crippen molar-refractivity contribution in [1.82, 2.24) is 14.7 Å². The normalized spacial score (nSPS) is 10.4. The van der Waals surface area contributed by atoms with E-state index >= 15 is 0 Å². The van der Waals surface area contributed by atoms with Crippen LogP contribution in [0.4, 0.5) is 5.69 Å². The number of ether oxygens (including phenoxy) is 1. The third kappa shape index (κ3) is 6.28. The van der Waals surface area contributed by atoms with Gasteiger partial charge in [-0.05, 0) is 42.8 Å². The van der Waals surface area contributed by atoms with Crippen LogP contribution < -0.4 is 15.6 Å². The third-order valence-electron chi connectivity index (χ3n) is 4.80. The molecule has 0 bridgehead atoms. The Kier molecular flexibility index (Phi) is 7.75. The number of anilines is 1. The lowest BCUT2D eigenvalue weighted by atomic mass is 10.2. The topological polar surface area (TPSA) is 93.5 Å². The molecule has 8 heteroatoms. The van der Waals surface area contributed by atoms with Gasteiger partial charge in [0.15, 0.2) is 0 Å². The second kappa shape index (κ2) is 10.9. The zero-order valence-electron chi connectivity index (χ0n) is 18.2. The highest BCUT2D eigenvalue weighted by molar-refractivity contribution is 6.02. The van der Waals surface area contributed by atoms with Gasteiger partial charge in [0, 0.05) is 31.8 Å². The molecule has 3 aromatic rings. The van der Waals surface area contributed by atoms with Gasteiger partial charge in [-0.1, -0.05) is 30.3 Å². The van der Waals surface area contributed by atoms with Gasteiger partial charge in [0.25, 0.3) is 11.5 Å². The maximum Gasteiger partial charge on any atom is 0.276 e. The van der Waals surface area contributed by atoms with Crippen molar-refractivity contribution in [2.75, 3.05) is 18.5 Å². The number of nitrogens with one attached hydrogen (secondary N) is 1. The summed E-state index contributed by atoms with van der Waals surface area (Å²) in [6.07, 6.45) is 0. The Hall–Kier alpha value is -3.94. The molecule has 0 aliphatic rings. The predicted molar refractivity (Wildman–Crippen MR) is 122 cm³/mol. The van der Waals surface area contributed by atoms with Crippen molar-refractivity contribution < 1.29 is 14.3 Å². The number of nitrogens with zero attached hydrogens (tertiary/aromatic N) is 3. The van der Waals surface area contributed by atoms with Gasteiger partial charge in [0.2, 0.25) is 5.91 Å². The Morgan fingerprint density at radius 3 is 2.56 bits per heavy atom. The Morgan fingerprint density at radius 1 is 1.06 bits per heavy atom. The Morgan fingerprint density at radius 2 is 1.84 bits per heavy atom. The number of amides is 2. The molecule has 8 nitrogen and oxygen atoms in total. The van der Waals surface area contributed by atoms with Crippen LogP contribution in [0.15, 0.2) is 71.5 Å². The molecule has 166 valence electrons. The molecule has 0 radical (unpaired) electrons. The Labute approximate surface area is 186 Å². The van der Waals surface area contributed by atoms with E-state index in [9.17, 15) is 14.4 Å². The quantitative estimate of drug-likeness (QED) is 0.559. The molecule has 32 heavy (non-hydrogen) atoms. The smallest absolute Gasteiger partial charge is 0.276 e. The van der Waals surface area contributed by atoms with Crippen LogP contribution in [0.1, 0.15) is 29.9 Å². The summed E-state index contributed by atoms with van der Waals surface area (Å²) >= 11 is 0. The summed E-state index contributed by atoms with van der Waals surface area (Å²) in [6.45, 7) is 4.96. The lowest BCUT2D eigenvalue weighted by molar-refractivity contribution is -0.129. The van der Waals surface area contributed by atoms with Gasteiger partial charge in [0.05, 0.1) is 6.54 Å². The fourth-order valence-electron chi connectivity index (χ4n) is 3.11. The van der Waals surface area contributed by atoms with Gasteiger partial charge in [-0.3, -0.25) is 14.4 Å². The molecule has 3 rings (SSSR count). The Balaban J connectivity index is 1.65. The Bertz CT molecular complexity index is 1130. The van der Waals surface area contributed by atoms with Crippen molar-refractivity contribution >= 4 is 17.5 Å². The highest BCUT2D eigenvalue weighted by Gasteiger charge is 2.12. The fraction of sp³-hybridized carbons (Fsp3) is 0.250. The summed E-state index contributed by atoms with van der Waals surface area (Å²) in [4.78, 5) is 38.2. The summed E-state index contributed by atoms with van der Waals surface area (Å²) in [5, 5.41) is 6.96. The van der Waals surface area contributed by atoms with E-state index in [4.69, 9.17) is 4.74 Å². The number of rotatable bonds is 9. The van der Waals surface area contributed by atoms with E-state index in [2.05, 4.69) is 10.4 Å². The lowest BCUT2D eigenvalue weighted by Gasteiger charge is -2.19. The molecular formula is C24H26N4O4. The summed E-state index contributed by atoms with van der Waals surface area (Å²) < 4.78 is 6.81. The van der Waals surface area contributed by atoms with Crippen molar-refractivity contribution in [3.63, 3.8) is 0 Å². The molecule has 0 fully saturated rings. The van der Waals surface area contributed by atoms with Gasteiger partial charge < -0.3 is 15.0 Å². The SMILES string of the molecule is CCN(Cc1cccc(NC(=O)c2ccc(=O)n(CCOc3ccccc3)n2)c1)C(C)=O. The summed E-state index contributed by atoms with van der Waals surface area (Å²) in [6, 6.07) is 19.2. The van der Waals surface area contributed by atoms with Crippen LogP contribution in [-0.2, 0) is 17.9 Å². The van der Waals surface area contributed by atoms with Crippen LogP contribution >= 0.6 is 0 Å². The molecule has 0 saturated heterocycles. The first kappa shape index (κ1) is 22.7. The van der Waals surface area contributed by atoms with Gasteiger partial charge in [-0.15, -0.1) is 0 Å². The van der Waals surface area contributed by atoms with Crippen molar-refractivity contribution in [2.24, 2.45) is 0 Å². The van der Waals surface area contributed by atoms with E-state index in [1.165, 1.54) is 23.7 Å². The molecule has 0 aliphatic carbocycles. The van der Waals surface area contributed by atoms with Crippen LogP contribution in [0.25, 0.3) is 0 Å². The van der Waals surface area contributed by atoms with E-state index in [1.54, 1.807) is 11.0 Å². The fourth-order valence-corrected chi connectivity index (χ4v) is 3.11. The standard InChI is InChI=1S/C24H26N4O4/c1-3-27(18(2)29)17-19-8-7-9-20(16-19)25-24(31)22-12-13-23(30)28(26-22)14-15-32-21-10-5-4-6-11-21/h4-13,16H,3,14-15,17H2,1-2H3,(H,25,31). The van der Waals surface area contributed by atoms with E-state index < -0.39 is 5.91 Å². The first-order valence-electron chi connectivity index (χ1n) is 10.4. The van der Waals surface area contributed by atoms with Gasteiger partial charge >= 0.3 is 0 Å². The highest BCUT2D eigenvalue weighted by Crippen LogP contribution is 2.14. The second-order valence-electron chi connectivity index (χ2n) is 7.13. The lowest BCUT2D eigenvalue weighted by Crippen LogP contribution is -2.28. The number of carbonyl (C=O) groups is 2. The highest BCUT2D eigenvalue weighted by atomic mass is 16.5. The number of carbonyl (C=O) groups excluding carboxylic acids is 2. The average molecular weight is 434 g/mol. The van der Waals surface area contributed by atoms with Crippen molar-refractivity contribution in [3.05, 3.63) is 88.3 Å². The largest absolute Gasteiger partial charge is 0.492 e. The van der Waals surface area contributed by atoms with Crippen molar-refractivity contribution in [1.29, 1.82) is 0 Å². The molecule has 0 aliphatic heterocycles. The van der Waals surface area contributed by atoms with Gasteiger partial charge in [-0.25, -0.2) is 4.68 Å². The van der Waals surface area contributed by atoms with Crippen molar-refractivity contribution in [3.8, 4) is 5.75 Å². The minimum Gasteiger partial charge on any atom is -0.492 e. The van der Waals surface area contributed by atoms with Crippen LogP contribution in [-0.4, -0.2) is 39.6 Å². The van der Waals surface area contributed by atoms with E-state index in [-0.39, 0.29) is 30.3 Å². The first-order chi connectivity index (χ1) is 15.5. The van der Waals surface area contributed by atoms with Crippen LogP contribution in [0, 0.1) is 0 Å². The predicted octanol–water partition coefficient (Wildman–Crippen LogP) is 2.94. The summed E-state index contributed by atoms with van der Waals surface area (Å²) in [5.41, 5.74) is 1.28. The minimum atomic E-state index is -0.432. The van der Waals surface area contributed by atoms with Crippen LogP contribution in [0.5, 0.6) is 5.75 Å². The molecule has 2 amide bonds. The number of benzene rings is 2. The molecule has 1 heterocycles. The molecule has 0 unspecified atom stereocenters. The summed E-state index contributed by atoms with van der Waals surface area (Å²) in [7, 11) is 0. The molecule has 2 aromatic carbocycles. The summed E-state index contributed by atoms with van der Waals surface area (Å²) in [5.74, 6) is 0.254. The molecule has 0 atom stereocenters. The second-order valence-corrected chi connectivity index (χ2v) is 7.13.